The average molecular weight is 517 g/mol. The summed E-state index contributed by atoms with van der Waals surface area (Å²) in [7, 11) is 0. The molecule has 0 saturated heterocycles. The van der Waals surface area contributed by atoms with E-state index in [0.717, 1.165) is 58.4 Å². The first-order valence-electron chi connectivity index (χ1n) is 12.2. The summed E-state index contributed by atoms with van der Waals surface area (Å²) in [5, 5.41) is 11.6. The summed E-state index contributed by atoms with van der Waals surface area (Å²) < 4.78 is 5.77. The van der Waals surface area contributed by atoms with E-state index >= 15 is 0 Å². The zero-order valence-electron chi connectivity index (χ0n) is 20.1. The molecule has 5 nitrogen and oxygen atoms in total. The van der Waals surface area contributed by atoms with E-state index in [1.165, 1.54) is 11.1 Å². The number of anilines is 1. The molecule has 35 heavy (non-hydrogen) atoms. The molecule has 0 saturated carbocycles. The number of pyridine rings is 1. The predicted molar refractivity (Wildman–Crippen MR) is 145 cm³/mol. The van der Waals surface area contributed by atoms with Crippen LogP contribution in [-0.4, -0.2) is 41.3 Å². The van der Waals surface area contributed by atoms with E-state index in [9.17, 15) is 5.11 Å². The van der Waals surface area contributed by atoms with Crippen molar-refractivity contribution in [1.82, 2.24) is 9.88 Å². The quantitative estimate of drug-likeness (QED) is 0.183. The van der Waals surface area contributed by atoms with Crippen molar-refractivity contribution in [1.29, 1.82) is 0 Å². The fourth-order valence-corrected chi connectivity index (χ4v) is 4.46. The number of aromatic nitrogens is 1. The lowest BCUT2D eigenvalue weighted by Gasteiger charge is -2.26. The molecule has 0 radical (unpaired) electrons. The van der Waals surface area contributed by atoms with Crippen LogP contribution in [0.1, 0.15) is 48.5 Å². The molecule has 3 rings (SSSR count). The van der Waals surface area contributed by atoms with E-state index in [1.807, 2.05) is 30.5 Å². The first-order valence-corrected chi connectivity index (χ1v) is 12.9. The first kappa shape index (κ1) is 27.4. The second kappa shape index (κ2) is 15.1. The van der Waals surface area contributed by atoms with Gasteiger partial charge in [-0.1, -0.05) is 72.4 Å². The Labute approximate surface area is 218 Å². The third-order valence-electron chi connectivity index (χ3n) is 5.94. The number of nitrogens with zero attached hydrogens (tertiary/aromatic N) is 2. The maximum atomic E-state index is 10.9. The number of aliphatic hydroxyl groups is 1. The van der Waals surface area contributed by atoms with E-state index in [0.29, 0.717) is 27.8 Å². The van der Waals surface area contributed by atoms with Gasteiger partial charge in [0.2, 0.25) is 0 Å². The van der Waals surface area contributed by atoms with Gasteiger partial charge in [0, 0.05) is 32.1 Å². The molecule has 0 spiro atoms. The van der Waals surface area contributed by atoms with Gasteiger partial charge in [-0.15, -0.1) is 0 Å². The predicted octanol–water partition coefficient (Wildman–Crippen LogP) is 6.33. The summed E-state index contributed by atoms with van der Waals surface area (Å²) in [6.45, 7) is 3.66. The second-order valence-electron chi connectivity index (χ2n) is 8.77. The van der Waals surface area contributed by atoms with Crippen LogP contribution >= 0.6 is 23.2 Å². The number of hydrogen-bond acceptors (Lipinski definition) is 5. The van der Waals surface area contributed by atoms with E-state index < -0.39 is 6.10 Å². The Bertz CT molecular complexity index is 983. The van der Waals surface area contributed by atoms with Crippen molar-refractivity contribution in [2.24, 2.45) is 0 Å². The molecule has 1 unspecified atom stereocenters. The number of unbranched alkanes of at least 4 members (excludes halogenated alkanes) is 3. The molecule has 1 heterocycles. The van der Waals surface area contributed by atoms with Gasteiger partial charge >= 0.3 is 0 Å². The fraction of sp³-hybridized carbons (Fsp3) is 0.393. The van der Waals surface area contributed by atoms with Gasteiger partial charge in [-0.05, 0) is 60.7 Å². The Morgan fingerprint density at radius 1 is 0.914 bits per heavy atom. The molecular weight excluding hydrogens is 481 g/mol. The lowest BCUT2D eigenvalue weighted by atomic mass is 10.1. The van der Waals surface area contributed by atoms with Crippen LogP contribution in [0.25, 0.3) is 0 Å². The molecular formula is C28H35Cl2N3O2. The Hall–Kier alpha value is -2.15. The van der Waals surface area contributed by atoms with Gasteiger partial charge < -0.3 is 15.6 Å². The molecule has 188 valence electrons. The van der Waals surface area contributed by atoms with Gasteiger partial charge in [0.1, 0.15) is 0 Å². The lowest BCUT2D eigenvalue weighted by Crippen LogP contribution is -2.29. The molecule has 0 fully saturated rings. The minimum atomic E-state index is -0.706. The van der Waals surface area contributed by atoms with E-state index in [2.05, 4.69) is 28.1 Å². The van der Waals surface area contributed by atoms with Gasteiger partial charge in [-0.25, -0.2) is 0 Å². The van der Waals surface area contributed by atoms with Crippen molar-refractivity contribution in [3.8, 4) is 0 Å². The summed E-state index contributed by atoms with van der Waals surface area (Å²) in [5.41, 5.74) is 9.28. The molecule has 0 aliphatic rings. The Balaban J connectivity index is 1.41. The van der Waals surface area contributed by atoms with Crippen molar-refractivity contribution in [2.45, 2.75) is 44.8 Å². The van der Waals surface area contributed by atoms with Gasteiger partial charge in [0.05, 0.1) is 28.4 Å². The molecule has 1 aromatic heterocycles. The Kier molecular flexibility index (Phi) is 11.8. The molecule has 3 aromatic rings. The summed E-state index contributed by atoms with van der Waals surface area (Å²) >= 11 is 12.4. The summed E-state index contributed by atoms with van der Waals surface area (Å²) in [4.78, 5) is 6.41. The number of aliphatic hydroxyl groups excluding tert-OH is 1. The van der Waals surface area contributed by atoms with Crippen molar-refractivity contribution in [2.75, 3.05) is 32.0 Å². The van der Waals surface area contributed by atoms with Crippen LogP contribution in [0.5, 0.6) is 0 Å². The third kappa shape index (κ3) is 9.79. The van der Waals surface area contributed by atoms with Crippen molar-refractivity contribution in [3.05, 3.63) is 93.7 Å². The molecule has 0 amide bonds. The Morgan fingerprint density at radius 3 is 2.34 bits per heavy atom. The zero-order chi connectivity index (χ0) is 24.9. The van der Waals surface area contributed by atoms with E-state index in [-0.39, 0.29) is 0 Å². The van der Waals surface area contributed by atoms with Gasteiger partial charge in [-0.3, -0.25) is 9.88 Å². The number of hydrogen-bond donors (Lipinski definition) is 2. The van der Waals surface area contributed by atoms with Crippen LogP contribution in [-0.2, 0) is 17.7 Å². The van der Waals surface area contributed by atoms with Crippen LogP contribution in [0.3, 0.4) is 0 Å². The van der Waals surface area contributed by atoms with Gasteiger partial charge in [0.15, 0.2) is 0 Å². The smallest absolute Gasteiger partial charge is 0.0918 e. The largest absolute Gasteiger partial charge is 0.396 e. The van der Waals surface area contributed by atoms with Crippen molar-refractivity contribution in [3.63, 3.8) is 0 Å². The molecule has 2 aromatic carbocycles. The number of rotatable bonds is 15. The molecule has 0 bridgehead atoms. The molecule has 0 aliphatic heterocycles. The SMILES string of the molecule is Nc1c(Cl)cc(C(O)CN(CCCCCCOCCc2cccnc2)Cc2ccccc2)cc1Cl. The monoisotopic (exact) mass is 515 g/mol. The molecule has 3 N–H and O–H groups in total. The van der Waals surface area contributed by atoms with Gasteiger partial charge in [0.25, 0.3) is 0 Å². The van der Waals surface area contributed by atoms with Gasteiger partial charge in [-0.2, -0.15) is 0 Å². The number of nitrogens with two attached hydrogens (primary N) is 1. The van der Waals surface area contributed by atoms with Crippen molar-refractivity contribution < 1.29 is 9.84 Å². The standard InChI is InChI=1S/C28H35Cl2N3O2/c29-25-17-24(18-26(30)28(25)31)27(34)21-33(20-23-9-4-3-5-10-23)14-6-1-2-7-15-35-16-12-22-11-8-13-32-19-22/h3-5,8-11,13,17-19,27,34H,1-2,6-7,12,14-16,20-21,31H2. The van der Waals surface area contributed by atoms with Crippen LogP contribution in [0, 0.1) is 0 Å². The summed E-state index contributed by atoms with van der Waals surface area (Å²) in [6, 6.07) is 17.7. The zero-order valence-corrected chi connectivity index (χ0v) is 21.6. The number of nitrogen functional groups attached to an aromatic ring is 1. The Morgan fingerprint density at radius 2 is 1.63 bits per heavy atom. The first-order chi connectivity index (χ1) is 17.0. The highest BCUT2D eigenvalue weighted by Crippen LogP contribution is 2.31. The molecule has 0 aliphatic carbocycles. The summed E-state index contributed by atoms with van der Waals surface area (Å²) in [5.74, 6) is 0. The van der Waals surface area contributed by atoms with Crippen molar-refractivity contribution >= 4 is 28.9 Å². The van der Waals surface area contributed by atoms with E-state index in [1.54, 1.807) is 18.3 Å². The number of halogens is 2. The van der Waals surface area contributed by atoms with E-state index in [4.69, 9.17) is 33.7 Å². The number of ether oxygens (including phenoxy) is 1. The second-order valence-corrected chi connectivity index (χ2v) is 9.59. The topological polar surface area (TPSA) is 71.6 Å². The minimum Gasteiger partial charge on any atom is -0.396 e. The molecule has 7 heteroatoms. The van der Waals surface area contributed by atoms with Crippen LogP contribution in [0.15, 0.2) is 67.0 Å². The maximum absolute atomic E-state index is 10.9. The third-order valence-corrected chi connectivity index (χ3v) is 6.56. The highest BCUT2D eigenvalue weighted by Gasteiger charge is 2.16. The minimum absolute atomic E-state index is 0.339. The molecule has 1 atom stereocenters. The normalized spacial score (nSPS) is 12.2. The summed E-state index contributed by atoms with van der Waals surface area (Å²) in [6.07, 6.45) is 8.21. The van der Waals surface area contributed by atoms with Crippen LogP contribution in [0.4, 0.5) is 5.69 Å². The van der Waals surface area contributed by atoms with Crippen LogP contribution < -0.4 is 5.73 Å². The maximum Gasteiger partial charge on any atom is 0.0918 e. The number of benzene rings is 2. The highest BCUT2D eigenvalue weighted by molar-refractivity contribution is 6.38. The average Bonchev–Trinajstić information content (AvgIpc) is 2.87. The fourth-order valence-electron chi connectivity index (χ4n) is 3.95. The lowest BCUT2D eigenvalue weighted by molar-refractivity contribution is 0.107. The highest BCUT2D eigenvalue weighted by atomic mass is 35.5. The van der Waals surface area contributed by atoms with Crippen LogP contribution in [0.2, 0.25) is 10.0 Å².